The van der Waals surface area contributed by atoms with E-state index in [1.807, 2.05) is 25.5 Å². The van der Waals surface area contributed by atoms with E-state index in [9.17, 15) is 4.79 Å². The van der Waals surface area contributed by atoms with Gasteiger partial charge in [-0.15, -0.1) is 0 Å². The van der Waals surface area contributed by atoms with Gasteiger partial charge in [0.25, 0.3) is 0 Å². The molecule has 0 bridgehead atoms. The number of hydrogen-bond acceptors (Lipinski definition) is 4. The van der Waals surface area contributed by atoms with Gasteiger partial charge in [0.15, 0.2) is 6.19 Å². The highest BCUT2D eigenvalue weighted by Crippen LogP contribution is 2.41. The highest BCUT2D eigenvalue weighted by molar-refractivity contribution is 5.99. The van der Waals surface area contributed by atoms with Crippen LogP contribution in [0.1, 0.15) is 12.0 Å². The number of nitriles is 1. The molecule has 1 atom stereocenters. The van der Waals surface area contributed by atoms with E-state index in [1.165, 1.54) is 0 Å². The van der Waals surface area contributed by atoms with Crippen LogP contribution in [-0.4, -0.2) is 33.7 Å². The number of hydrogen-bond donors (Lipinski definition) is 1. The molecule has 1 amide bonds. The Balaban J connectivity index is 1.67. The van der Waals surface area contributed by atoms with Crippen LogP contribution in [0.15, 0.2) is 30.6 Å². The fourth-order valence-corrected chi connectivity index (χ4v) is 3.58. The predicted octanol–water partition coefficient (Wildman–Crippen LogP) is 1.75. The molecule has 1 N–H and O–H groups in total. The molecule has 1 saturated heterocycles. The molecular weight excluding hydrogens is 290 g/mol. The van der Waals surface area contributed by atoms with Crippen LogP contribution in [-0.2, 0) is 18.3 Å². The zero-order chi connectivity index (χ0) is 16.0. The van der Waals surface area contributed by atoms with Crippen molar-refractivity contribution in [3.8, 4) is 17.3 Å². The van der Waals surface area contributed by atoms with Gasteiger partial charge in [0.2, 0.25) is 5.91 Å². The summed E-state index contributed by atoms with van der Waals surface area (Å²) in [5.74, 6) is 0.0334. The molecule has 6 nitrogen and oxygen atoms in total. The normalized spacial score (nSPS) is 22.8. The van der Waals surface area contributed by atoms with E-state index in [-0.39, 0.29) is 5.91 Å². The molecule has 23 heavy (non-hydrogen) atoms. The number of fused-ring (bicyclic) bond motifs is 1. The Morgan fingerprint density at radius 1 is 1.39 bits per heavy atom. The van der Waals surface area contributed by atoms with Crippen molar-refractivity contribution >= 4 is 11.6 Å². The summed E-state index contributed by atoms with van der Waals surface area (Å²) in [5, 5.41) is 16.3. The Kier molecular flexibility index (Phi) is 2.91. The second-order valence-corrected chi connectivity index (χ2v) is 6.46. The second kappa shape index (κ2) is 4.85. The molecule has 4 rings (SSSR count). The van der Waals surface area contributed by atoms with Crippen LogP contribution >= 0.6 is 0 Å². The third kappa shape index (κ3) is 2.16. The number of anilines is 1. The Hall–Kier alpha value is -2.81. The van der Waals surface area contributed by atoms with Gasteiger partial charge < -0.3 is 10.2 Å². The van der Waals surface area contributed by atoms with E-state index in [4.69, 9.17) is 5.26 Å². The lowest BCUT2D eigenvalue weighted by atomic mass is 9.76. The molecule has 3 heterocycles. The summed E-state index contributed by atoms with van der Waals surface area (Å²) in [6, 6.07) is 6.15. The zero-order valence-corrected chi connectivity index (χ0v) is 12.9. The van der Waals surface area contributed by atoms with Gasteiger partial charge in [-0.3, -0.25) is 9.48 Å². The minimum atomic E-state index is -0.460. The molecule has 2 aromatic rings. The van der Waals surface area contributed by atoms with Crippen molar-refractivity contribution in [2.75, 3.05) is 18.4 Å². The van der Waals surface area contributed by atoms with Crippen LogP contribution < -0.4 is 5.32 Å². The van der Waals surface area contributed by atoms with Crippen molar-refractivity contribution in [3.63, 3.8) is 0 Å². The van der Waals surface area contributed by atoms with Crippen LogP contribution in [0, 0.1) is 16.9 Å². The van der Waals surface area contributed by atoms with Crippen molar-refractivity contribution in [1.82, 2.24) is 14.7 Å². The fraction of sp³-hybridized carbons (Fsp3) is 0.353. The summed E-state index contributed by atoms with van der Waals surface area (Å²) in [6.45, 7) is 1.17. The van der Waals surface area contributed by atoms with Gasteiger partial charge in [-0.25, -0.2) is 0 Å². The number of benzene rings is 1. The molecule has 1 aromatic carbocycles. The van der Waals surface area contributed by atoms with Crippen molar-refractivity contribution in [2.24, 2.45) is 12.5 Å². The van der Waals surface area contributed by atoms with E-state index in [0.717, 1.165) is 28.8 Å². The van der Waals surface area contributed by atoms with Crippen LogP contribution in [0.3, 0.4) is 0 Å². The Morgan fingerprint density at radius 2 is 2.26 bits per heavy atom. The zero-order valence-electron chi connectivity index (χ0n) is 12.9. The average Bonchev–Trinajstić information content (AvgIpc) is 3.15. The quantitative estimate of drug-likeness (QED) is 0.815. The van der Waals surface area contributed by atoms with Crippen molar-refractivity contribution < 1.29 is 4.79 Å². The Bertz CT molecular complexity index is 834. The molecule has 1 unspecified atom stereocenters. The molecule has 0 radical (unpaired) electrons. The summed E-state index contributed by atoms with van der Waals surface area (Å²) in [7, 11) is 1.88. The van der Waals surface area contributed by atoms with Gasteiger partial charge >= 0.3 is 0 Å². The lowest BCUT2D eigenvalue weighted by Gasteiger charge is -2.33. The molecule has 116 valence electrons. The van der Waals surface area contributed by atoms with Gasteiger partial charge in [0, 0.05) is 37.6 Å². The molecule has 0 aliphatic carbocycles. The van der Waals surface area contributed by atoms with Crippen LogP contribution in [0.2, 0.25) is 0 Å². The van der Waals surface area contributed by atoms with Gasteiger partial charge in [0.1, 0.15) is 0 Å². The third-order valence-corrected chi connectivity index (χ3v) is 4.90. The SMILES string of the molecule is Cn1cc(-c2ccc3c(c2)NC(=O)C2(CCN(C#N)C2)C3)cn1. The summed E-state index contributed by atoms with van der Waals surface area (Å²) < 4.78 is 1.76. The summed E-state index contributed by atoms with van der Waals surface area (Å²) >= 11 is 0. The molecule has 2 aliphatic heterocycles. The Labute approximate surface area is 134 Å². The summed E-state index contributed by atoms with van der Waals surface area (Å²) in [5.41, 5.74) is 3.62. The molecule has 1 aromatic heterocycles. The predicted molar refractivity (Wildman–Crippen MR) is 85.2 cm³/mol. The first-order chi connectivity index (χ1) is 11.1. The number of carbonyl (C=O) groups excluding carboxylic acids is 1. The smallest absolute Gasteiger partial charge is 0.232 e. The number of nitrogens with one attached hydrogen (secondary N) is 1. The number of rotatable bonds is 1. The standard InChI is InChI=1S/C17H17N5O/c1-21-9-14(8-19-21)12-2-3-13-7-17(4-5-22(10-17)11-18)16(23)20-15(13)6-12/h2-3,6,8-9H,4-5,7,10H2,1H3,(H,20,23). The number of aromatic nitrogens is 2. The number of amides is 1. The summed E-state index contributed by atoms with van der Waals surface area (Å²) in [4.78, 5) is 14.3. The van der Waals surface area contributed by atoms with E-state index in [0.29, 0.717) is 19.5 Å². The maximum absolute atomic E-state index is 12.6. The maximum Gasteiger partial charge on any atom is 0.232 e. The van der Waals surface area contributed by atoms with Gasteiger partial charge in [0.05, 0.1) is 11.6 Å². The number of aryl methyl sites for hydroxylation is 1. The van der Waals surface area contributed by atoms with Gasteiger partial charge in [-0.05, 0) is 30.0 Å². The minimum absolute atomic E-state index is 0.0334. The van der Waals surface area contributed by atoms with E-state index >= 15 is 0 Å². The average molecular weight is 307 g/mol. The number of likely N-dealkylation sites (tertiary alicyclic amines) is 1. The second-order valence-electron chi connectivity index (χ2n) is 6.46. The molecule has 2 aliphatic rings. The van der Waals surface area contributed by atoms with Gasteiger partial charge in [-0.1, -0.05) is 12.1 Å². The number of nitrogens with zero attached hydrogens (tertiary/aromatic N) is 4. The lowest BCUT2D eigenvalue weighted by Crippen LogP contribution is -2.43. The topological polar surface area (TPSA) is 74.0 Å². The highest BCUT2D eigenvalue weighted by atomic mass is 16.2. The van der Waals surface area contributed by atoms with E-state index in [1.54, 1.807) is 9.58 Å². The largest absolute Gasteiger partial charge is 0.325 e. The molecule has 0 saturated carbocycles. The van der Waals surface area contributed by atoms with Crippen molar-refractivity contribution in [3.05, 3.63) is 36.2 Å². The van der Waals surface area contributed by atoms with Crippen molar-refractivity contribution in [1.29, 1.82) is 5.26 Å². The monoisotopic (exact) mass is 307 g/mol. The van der Waals surface area contributed by atoms with Crippen molar-refractivity contribution in [2.45, 2.75) is 12.8 Å². The first-order valence-electron chi connectivity index (χ1n) is 7.68. The van der Waals surface area contributed by atoms with E-state index < -0.39 is 5.41 Å². The molecule has 1 fully saturated rings. The Morgan fingerprint density at radius 3 is 2.96 bits per heavy atom. The van der Waals surface area contributed by atoms with Gasteiger partial charge in [-0.2, -0.15) is 10.4 Å². The minimum Gasteiger partial charge on any atom is -0.325 e. The lowest BCUT2D eigenvalue weighted by molar-refractivity contribution is -0.125. The fourth-order valence-electron chi connectivity index (χ4n) is 3.58. The number of carbonyl (C=O) groups is 1. The molecular formula is C17H17N5O. The van der Waals surface area contributed by atoms with Crippen LogP contribution in [0.5, 0.6) is 0 Å². The third-order valence-electron chi connectivity index (χ3n) is 4.90. The first-order valence-corrected chi connectivity index (χ1v) is 7.68. The molecule has 6 heteroatoms. The first kappa shape index (κ1) is 13.8. The molecule has 1 spiro atoms. The van der Waals surface area contributed by atoms with Crippen LogP contribution in [0.25, 0.3) is 11.1 Å². The maximum atomic E-state index is 12.6. The summed E-state index contributed by atoms with van der Waals surface area (Å²) in [6.07, 6.45) is 7.35. The van der Waals surface area contributed by atoms with Crippen LogP contribution in [0.4, 0.5) is 5.69 Å². The van der Waals surface area contributed by atoms with E-state index in [2.05, 4.69) is 28.7 Å². The highest BCUT2D eigenvalue weighted by Gasteiger charge is 2.47.